The molecule has 1 amide bonds. The van der Waals surface area contributed by atoms with Gasteiger partial charge in [0.25, 0.3) is 5.91 Å². The van der Waals surface area contributed by atoms with Crippen LogP contribution in [-0.4, -0.2) is 42.0 Å². The molecule has 4 nitrogen and oxygen atoms in total. The van der Waals surface area contributed by atoms with E-state index in [0.717, 1.165) is 39.5 Å². The molecule has 0 atom stereocenters. The van der Waals surface area contributed by atoms with Crippen molar-refractivity contribution in [1.29, 1.82) is 0 Å². The molecule has 1 aromatic heterocycles. The van der Waals surface area contributed by atoms with Crippen LogP contribution in [0.15, 0.2) is 40.9 Å². The smallest absolute Gasteiger partial charge is 0.260 e. The first-order valence-electron chi connectivity index (χ1n) is 9.61. The molecule has 0 unspecified atom stereocenters. The monoisotopic (exact) mass is 459 g/mol. The van der Waals surface area contributed by atoms with Crippen LogP contribution in [0.4, 0.5) is 5.13 Å². The average Bonchev–Trinajstić information content (AvgIpc) is 3.12. The van der Waals surface area contributed by atoms with Crippen molar-refractivity contribution in [2.75, 3.05) is 31.1 Å². The number of benzene rings is 2. The number of carbonyl (C=O) groups is 1. The minimum Gasteiger partial charge on any atom is -0.302 e. The van der Waals surface area contributed by atoms with Crippen LogP contribution in [-0.2, 0) is 0 Å². The van der Waals surface area contributed by atoms with Gasteiger partial charge in [0.2, 0.25) is 0 Å². The Kier molecular flexibility index (Phi) is 6.86. The van der Waals surface area contributed by atoms with Gasteiger partial charge in [-0.25, -0.2) is 4.98 Å². The van der Waals surface area contributed by atoms with Crippen LogP contribution in [0.25, 0.3) is 10.2 Å². The van der Waals surface area contributed by atoms with Gasteiger partial charge in [0, 0.05) is 23.1 Å². The summed E-state index contributed by atoms with van der Waals surface area (Å²) in [5.74, 6) is -0.0121. The highest BCUT2D eigenvalue weighted by molar-refractivity contribution is 9.10. The maximum absolute atomic E-state index is 13.4. The van der Waals surface area contributed by atoms with Gasteiger partial charge >= 0.3 is 0 Å². The third-order valence-corrected chi connectivity index (χ3v) is 6.69. The van der Waals surface area contributed by atoms with Crippen LogP contribution < -0.4 is 4.90 Å². The minimum absolute atomic E-state index is 0.0121. The van der Waals surface area contributed by atoms with Crippen molar-refractivity contribution in [3.63, 3.8) is 0 Å². The van der Waals surface area contributed by atoms with Crippen LogP contribution in [0, 0.1) is 13.8 Å². The summed E-state index contributed by atoms with van der Waals surface area (Å²) in [5, 5.41) is 0.765. The molecule has 0 radical (unpaired) electrons. The lowest BCUT2D eigenvalue weighted by molar-refractivity contribution is 0.0983. The highest BCUT2D eigenvalue weighted by atomic mass is 79.9. The van der Waals surface area contributed by atoms with Crippen LogP contribution in [0.1, 0.15) is 35.3 Å². The van der Waals surface area contributed by atoms with Gasteiger partial charge in [0.05, 0.1) is 10.2 Å². The topological polar surface area (TPSA) is 36.4 Å². The van der Waals surface area contributed by atoms with E-state index in [9.17, 15) is 4.79 Å². The van der Waals surface area contributed by atoms with E-state index >= 15 is 0 Å². The summed E-state index contributed by atoms with van der Waals surface area (Å²) in [4.78, 5) is 22.4. The zero-order valence-electron chi connectivity index (χ0n) is 16.8. The largest absolute Gasteiger partial charge is 0.302 e. The Morgan fingerprint density at radius 3 is 2.54 bits per heavy atom. The fourth-order valence-electron chi connectivity index (χ4n) is 3.17. The van der Waals surface area contributed by atoms with Gasteiger partial charge in [0.1, 0.15) is 0 Å². The molecule has 148 valence electrons. The molecule has 0 aliphatic heterocycles. The standard InChI is InChI=1S/C22H26BrN3OS/c1-5-25(6-2)12-13-26(21(27)17-8-7-9-18(23)14-17)22-24-20-16(4)15(3)10-11-19(20)28-22/h7-11,14H,5-6,12-13H2,1-4H3. The number of rotatable bonds is 7. The summed E-state index contributed by atoms with van der Waals surface area (Å²) in [7, 11) is 0. The van der Waals surface area contributed by atoms with Crippen molar-refractivity contribution in [1.82, 2.24) is 9.88 Å². The molecule has 2 aromatic carbocycles. The Hall–Kier alpha value is -1.76. The fourth-order valence-corrected chi connectivity index (χ4v) is 4.62. The van der Waals surface area contributed by atoms with E-state index in [1.54, 1.807) is 11.3 Å². The molecule has 3 aromatic rings. The molecule has 28 heavy (non-hydrogen) atoms. The van der Waals surface area contributed by atoms with Crippen LogP contribution in [0.2, 0.25) is 0 Å². The molecule has 0 saturated heterocycles. The summed E-state index contributed by atoms with van der Waals surface area (Å²) < 4.78 is 2.02. The SMILES string of the molecule is CCN(CC)CCN(C(=O)c1cccc(Br)c1)c1nc2c(C)c(C)ccc2s1. The number of carbonyl (C=O) groups excluding carboxylic acids is 1. The Morgan fingerprint density at radius 1 is 1.11 bits per heavy atom. The first-order valence-corrected chi connectivity index (χ1v) is 11.2. The van der Waals surface area contributed by atoms with Crippen molar-refractivity contribution in [3.05, 3.63) is 57.6 Å². The zero-order chi connectivity index (χ0) is 20.3. The van der Waals surface area contributed by atoms with E-state index < -0.39 is 0 Å². The lowest BCUT2D eigenvalue weighted by Crippen LogP contribution is -2.38. The summed E-state index contributed by atoms with van der Waals surface area (Å²) in [5.41, 5.74) is 4.06. The number of nitrogens with zero attached hydrogens (tertiary/aromatic N) is 3. The van der Waals surface area contributed by atoms with Crippen molar-refractivity contribution in [2.24, 2.45) is 0 Å². The maximum atomic E-state index is 13.4. The number of anilines is 1. The molecule has 0 aliphatic carbocycles. The summed E-state index contributed by atoms with van der Waals surface area (Å²) in [6.45, 7) is 11.9. The number of aromatic nitrogens is 1. The van der Waals surface area contributed by atoms with Gasteiger partial charge in [-0.3, -0.25) is 9.69 Å². The number of hydrogen-bond donors (Lipinski definition) is 0. The van der Waals surface area contributed by atoms with Crippen LogP contribution in [0.5, 0.6) is 0 Å². The Balaban J connectivity index is 2.00. The van der Waals surface area contributed by atoms with Crippen molar-refractivity contribution in [2.45, 2.75) is 27.7 Å². The van der Waals surface area contributed by atoms with E-state index in [2.05, 4.69) is 60.7 Å². The van der Waals surface area contributed by atoms with Gasteiger partial charge in [0.15, 0.2) is 5.13 Å². The molecule has 1 heterocycles. The van der Waals surface area contributed by atoms with Gasteiger partial charge in [-0.05, 0) is 62.3 Å². The van der Waals surface area contributed by atoms with E-state index in [4.69, 9.17) is 4.98 Å². The lowest BCUT2D eigenvalue weighted by Gasteiger charge is -2.24. The molecule has 0 N–H and O–H groups in total. The van der Waals surface area contributed by atoms with Crippen molar-refractivity contribution >= 4 is 48.5 Å². The summed E-state index contributed by atoms with van der Waals surface area (Å²) in [6.07, 6.45) is 0. The van der Waals surface area contributed by atoms with Crippen molar-refractivity contribution < 1.29 is 4.79 Å². The molecular formula is C22H26BrN3OS. The van der Waals surface area contributed by atoms with Crippen molar-refractivity contribution in [3.8, 4) is 0 Å². The van der Waals surface area contributed by atoms with Crippen LogP contribution >= 0.6 is 27.3 Å². The molecular weight excluding hydrogens is 434 g/mol. The predicted octanol–water partition coefficient (Wildman–Crippen LogP) is 5.66. The third-order valence-electron chi connectivity index (χ3n) is 5.16. The van der Waals surface area contributed by atoms with E-state index in [1.165, 1.54) is 11.1 Å². The number of likely N-dealkylation sites (N-methyl/N-ethyl adjacent to an activating group) is 1. The summed E-state index contributed by atoms with van der Waals surface area (Å²) >= 11 is 5.06. The number of aryl methyl sites for hydroxylation is 2. The van der Waals surface area contributed by atoms with Gasteiger partial charge in [-0.15, -0.1) is 0 Å². The molecule has 3 rings (SSSR count). The first-order chi connectivity index (χ1) is 13.4. The fraction of sp³-hybridized carbons (Fsp3) is 0.364. The zero-order valence-corrected chi connectivity index (χ0v) is 19.2. The Bertz CT molecular complexity index is 981. The Morgan fingerprint density at radius 2 is 1.86 bits per heavy atom. The molecule has 0 aliphatic rings. The highest BCUT2D eigenvalue weighted by Gasteiger charge is 2.22. The average molecular weight is 460 g/mol. The first kappa shape index (κ1) is 21.0. The number of thiazole rings is 1. The normalized spacial score (nSPS) is 11.4. The number of fused-ring (bicyclic) bond motifs is 1. The van der Waals surface area contributed by atoms with Gasteiger partial charge in [-0.2, -0.15) is 0 Å². The molecule has 6 heteroatoms. The second kappa shape index (κ2) is 9.16. The molecule has 0 saturated carbocycles. The maximum Gasteiger partial charge on any atom is 0.260 e. The second-order valence-electron chi connectivity index (χ2n) is 6.84. The van der Waals surface area contributed by atoms with E-state index in [0.29, 0.717) is 12.1 Å². The second-order valence-corrected chi connectivity index (χ2v) is 8.77. The van der Waals surface area contributed by atoms with Gasteiger partial charge < -0.3 is 4.90 Å². The molecule has 0 bridgehead atoms. The van der Waals surface area contributed by atoms with E-state index in [1.807, 2.05) is 29.2 Å². The van der Waals surface area contributed by atoms with E-state index in [-0.39, 0.29) is 5.91 Å². The van der Waals surface area contributed by atoms with Crippen LogP contribution in [0.3, 0.4) is 0 Å². The number of halogens is 1. The Labute approximate surface area is 179 Å². The molecule has 0 fully saturated rings. The van der Waals surface area contributed by atoms with Gasteiger partial charge in [-0.1, -0.05) is 53.2 Å². The quantitative estimate of drug-likeness (QED) is 0.456. The number of amides is 1. The third kappa shape index (κ3) is 4.45. The predicted molar refractivity (Wildman–Crippen MR) is 123 cm³/mol. The summed E-state index contributed by atoms with van der Waals surface area (Å²) in [6, 6.07) is 11.8. The molecule has 0 spiro atoms. The lowest BCUT2D eigenvalue weighted by atomic mass is 10.1. The minimum atomic E-state index is -0.0121. The number of hydrogen-bond acceptors (Lipinski definition) is 4. The highest BCUT2D eigenvalue weighted by Crippen LogP contribution is 2.32.